The lowest BCUT2D eigenvalue weighted by Crippen LogP contribution is -2.40. The molecule has 0 aliphatic carbocycles. The molecule has 0 radical (unpaired) electrons. The molecule has 2 N–H and O–H groups in total. The third-order valence-corrected chi connectivity index (χ3v) is 7.04. The van der Waals surface area contributed by atoms with Crippen molar-refractivity contribution in [2.24, 2.45) is 5.73 Å². The zero-order valence-corrected chi connectivity index (χ0v) is 19.1. The number of carbonyl (C=O) groups is 2. The monoisotopic (exact) mass is 520 g/mol. The van der Waals surface area contributed by atoms with Crippen molar-refractivity contribution in [2.75, 3.05) is 26.2 Å². The fourth-order valence-corrected chi connectivity index (χ4v) is 5.56. The zero-order valence-electron chi connectivity index (χ0n) is 14.3. The first kappa shape index (κ1) is 21.9. The largest absolute Gasteiger partial charge is 0.330 e. The van der Waals surface area contributed by atoms with Gasteiger partial charge < -0.3 is 10.6 Å². The van der Waals surface area contributed by atoms with Gasteiger partial charge in [0.15, 0.2) is 11.6 Å². The minimum absolute atomic E-state index is 0.0829. The van der Waals surface area contributed by atoms with Crippen LogP contribution in [0.3, 0.4) is 0 Å². The second-order valence-electron chi connectivity index (χ2n) is 5.87. The Hall–Kier alpha value is -0.380. The molecule has 0 aromatic carbocycles. The Kier molecular flexibility index (Phi) is 9.66. The summed E-state index contributed by atoms with van der Waals surface area (Å²) < 4.78 is 0. The molecule has 8 heteroatoms. The van der Waals surface area contributed by atoms with Crippen LogP contribution < -0.4 is 5.73 Å². The summed E-state index contributed by atoms with van der Waals surface area (Å²) in [7, 11) is 0. The molecule has 0 aliphatic rings. The van der Waals surface area contributed by atoms with E-state index in [1.54, 1.807) is 0 Å². The molecule has 2 unspecified atom stereocenters. The Bertz CT molecular complexity index is 623. The van der Waals surface area contributed by atoms with Gasteiger partial charge in [-0.3, -0.25) is 9.59 Å². The molecular weight excluding hydrogens is 500 g/mol. The zero-order chi connectivity index (χ0) is 18.9. The van der Waals surface area contributed by atoms with E-state index in [1.165, 1.54) is 22.7 Å². The number of hydrogen-bond donors (Lipinski definition) is 1. The maximum atomic E-state index is 12.5. The first-order valence-corrected chi connectivity index (χ1v) is 12.0. The van der Waals surface area contributed by atoms with Crippen molar-refractivity contribution < 1.29 is 9.59 Å². The summed E-state index contributed by atoms with van der Waals surface area (Å²) in [6, 6.07) is 7.44. The molecule has 0 bridgehead atoms. The van der Waals surface area contributed by atoms with Crippen molar-refractivity contribution in [3.8, 4) is 0 Å². The van der Waals surface area contributed by atoms with Gasteiger partial charge in [0, 0.05) is 13.1 Å². The van der Waals surface area contributed by atoms with E-state index in [1.807, 2.05) is 35.0 Å². The normalized spacial score (nSPS) is 13.7. The van der Waals surface area contributed by atoms with Crippen LogP contribution in [0.1, 0.15) is 32.2 Å². The lowest BCUT2D eigenvalue weighted by Gasteiger charge is -2.26. The molecule has 0 amide bonds. The summed E-state index contributed by atoms with van der Waals surface area (Å²) in [6.07, 6.45) is 1.87. The van der Waals surface area contributed by atoms with Gasteiger partial charge in [-0.2, -0.15) is 0 Å². The van der Waals surface area contributed by atoms with Crippen LogP contribution in [0.5, 0.6) is 0 Å². The lowest BCUT2D eigenvalue weighted by molar-refractivity contribution is 0.0964. The number of hydrogen-bond acceptors (Lipinski definition) is 6. The highest BCUT2D eigenvalue weighted by Gasteiger charge is 2.25. The lowest BCUT2D eigenvalue weighted by atomic mass is 10.2. The number of unbranched alkanes of at least 4 members (excludes halogenated alkanes) is 1. The van der Waals surface area contributed by atoms with Crippen molar-refractivity contribution in [1.82, 2.24) is 4.90 Å². The van der Waals surface area contributed by atoms with Crippen molar-refractivity contribution in [1.29, 1.82) is 0 Å². The minimum Gasteiger partial charge on any atom is -0.330 e. The van der Waals surface area contributed by atoms with E-state index in [-0.39, 0.29) is 21.2 Å². The number of alkyl halides is 2. The van der Waals surface area contributed by atoms with Crippen molar-refractivity contribution >= 4 is 66.1 Å². The number of ketones is 2. The van der Waals surface area contributed by atoms with E-state index in [0.29, 0.717) is 19.6 Å². The van der Waals surface area contributed by atoms with Gasteiger partial charge in [-0.25, -0.2) is 0 Å². The molecule has 0 saturated carbocycles. The molecule has 142 valence electrons. The van der Waals surface area contributed by atoms with Crippen LogP contribution in [0.4, 0.5) is 0 Å². The number of halogens is 2. The molecule has 2 aromatic rings. The van der Waals surface area contributed by atoms with Crippen molar-refractivity contribution in [3.05, 3.63) is 44.8 Å². The molecule has 2 atom stereocenters. The van der Waals surface area contributed by atoms with Gasteiger partial charge in [0.05, 0.1) is 19.4 Å². The number of nitrogens with zero attached hydrogens (tertiary/aromatic N) is 1. The van der Waals surface area contributed by atoms with Gasteiger partial charge >= 0.3 is 0 Å². The van der Waals surface area contributed by atoms with Gasteiger partial charge in [-0.15, -0.1) is 22.7 Å². The topological polar surface area (TPSA) is 63.4 Å². The highest BCUT2D eigenvalue weighted by atomic mass is 79.9. The van der Waals surface area contributed by atoms with E-state index in [9.17, 15) is 9.59 Å². The Labute approximate surface area is 179 Å². The Morgan fingerprint density at radius 3 is 1.85 bits per heavy atom. The SMILES string of the molecule is NCCCCN(CC(Br)C(=O)c1cccs1)CC(Br)C(=O)c1cccs1. The van der Waals surface area contributed by atoms with Gasteiger partial charge in [-0.1, -0.05) is 44.0 Å². The second kappa shape index (κ2) is 11.5. The standard InChI is InChI=1S/C18H22Br2N2O2S2/c19-13(17(23)15-5-3-9-25-15)11-22(8-2-1-7-21)12-14(20)18(24)16-6-4-10-26-16/h3-6,9-10,13-14H,1-2,7-8,11-12,21H2. The van der Waals surface area contributed by atoms with Gasteiger partial charge in [0.25, 0.3) is 0 Å². The number of nitrogens with two attached hydrogens (primary N) is 1. The molecule has 2 heterocycles. The quantitative estimate of drug-likeness (QED) is 0.255. The summed E-state index contributed by atoms with van der Waals surface area (Å²) in [5.74, 6) is 0.166. The Morgan fingerprint density at radius 1 is 0.962 bits per heavy atom. The molecule has 0 saturated heterocycles. The highest BCUT2D eigenvalue weighted by Crippen LogP contribution is 2.20. The fourth-order valence-electron chi connectivity index (χ4n) is 2.50. The number of rotatable bonds is 12. The van der Waals surface area contributed by atoms with Crippen molar-refractivity contribution in [2.45, 2.75) is 22.5 Å². The van der Waals surface area contributed by atoms with Gasteiger partial charge in [-0.05, 0) is 48.8 Å². The van der Waals surface area contributed by atoms with E-state index < -0.39 is 0 Å². The van der Waals surface area contributed by atoms with E-state index in [4.69, 9.17) is 5.73 Å². The van der Waals surface area contributed by atoms with Crippen LogP contribution in [0, 0.1) is 0 Å². The van der Waals surface area contributed by atoms with E-state index in [2.05, 4.69) is 36.8 Å². The number of thiophene rings is 2. The van der Waals surface area contributed by atoms with E-state index >= 15 is 0 Å². The van der Waals surface area contributed by atoms with Crippen LogP contribution >= 0.6 is 54.5 Å². The Balaban J connectivity index is 1.97. The fraction of sp³-hybridized carbons (Fsp3) is 0.444. The maximum absolute atomic E-state index is 12.5. The van der Waals surface area contributed by atoms with Gasteiger partial charge in [0.2, 0.25) is 0 Å². The second-order valence-corrected chi connectivity index (χ2v) is 9.98. The minimum atomic E-state index is -0.296. The number of Topliss-reactive ketones (excluding diaryl/α,β-unsaturated/α-hetero) is 2. The summed E-state index contributed by atoms with van der Waals surface area (Å²) in [5, 5.41) is 3.81. The third kappa shape index (κ3) is 6.65. The Morgan fingerprint density at radius 2 is 1.46 bits per heavy atom. The molecule has 2 aromatic heterocycles. The van der Waals surface area contributed by atoms with Crippen LogP contribution in [-0.4, -0.2) is 52.3 Å². The van der Waals surface area contributed by atoms with Gasteiger partial charge in [0.1, 0.15) is 0 Å². The average molecular weight is 522 g/mol. The predicted molar refractivity (Wildman–Crippen MR) is 117 cm³/mol. The summed E-state index contributed by atoms with van der Waals surface area (Å²) in [5.41, 5.74) is 5.60. The molecule has 0 fully saturated rings. The van der Waals surface area contributed by atoms with Crippen LogP contribution in [0.15, 0.2) is 35.0 Å². The average Bonchev–Trinajstić information content (AvgIpc) is 3.33. The van der Waals surface area contributed by atoms with E-state index in [0.717, 1.165) is 29.1 Å². The first-order valence-electron chi connectivity index (χ1n) is 8.39. The molecule has 0 aliphatic heterocycles. The molecule has 2 rings (SSSR count). The van der Waals surface area contributed by atoms with Crippen LogP contribution in [0.2, 0.25) is 0 Å². The van der Waals surface area contributed by atoms with Crippen LogP contribution in [-0.2, 0) is 0 Å². The predicted octanol–water partition coefficient (Wildman–Crippen LogP) is 4.44. The highest BCUT2D eigenvalue weighted by molar-refractivity contribution is 9.10. The third-order valence-electron chi connectivity index (χ3n) is 3.86. The smallest absolute Gasteiger partial charge is 0.187 e. The number of carbonyl (C=O) groups excluding carboxylic acids is 2. The maximum Gasteiger partial charge on any atom is 0.187 e. The molecule has 26 heavy (non-hydrogen) atoms. The first-order chi connectivity index (χ1) is 12.5. The molecule has 0 spiro atoms. The summed E-state index contributed by atoms with van der Waals surface area (Å²) in [6.45, 7) is 2.56. The molecular formula is C18H22Br2N2O2S2. The van der Waals surface area contributed by atoms with Crippen molar-refractivity contribution in [3.63, 3.8) is 0 Å². The summed E-state index contributed by atoms with van der Waals surface area (Å²) >= 11 is 9.96. The van der Waals surface area contributed by atoms with Crippen LogP contribution in [0.25, 0.3) is 0 Å². The molecule has 4 nitrogen and oxygen atoms in total. The summed E-state index contributed by atoms with van der Waals surface area (Å²) in [4.78, 5) is 28.1.